The lowest BCUT2D eigenvalue weighted by Crippen LogP contribution is -2.30. The molecule has 0 bridgehead atoms. The molecule has 164 valence electrons. The van der Waals surface area contributed by atoms with Crippen molar-refractivity contribution in [2.24, 2.45) is 0 Å². The van der Waals surface area contributed by atoms with E-state index in [4.69, 9.17) is 10.1 Å². The van der Waals surface area contributed by atoms with E-state index in [9.17, 15) is 4.79 Å². The van der Waals surface area contributed by atoms with Crippen LogP contribution in [-0.4, -0.2) is 49.5 Å². The number of aryl methyl sites for hydroxylation is 2. The number of aromatic nitrogens is 4. The quantitative estimate of drug-likeness (QED) is 0.635. The molecule has 3 aromatic rings. The third kappa shape index (κ3) is 4.93. The molecule has 31 heavy (non-hydrogen) atoms. The summed E-state index contributed by atoms with van der Waals surface area (Å²) in [4.78, 5) is 23.6. The highest BCUT2D eigenvalue weighted by Gasteiger charge is 2.26. The summed E-state index contributed by atoms with van der Waals surface area (Å²) >= 11 is 0. The van der Waals surface area contributed by atoms with Gasteiger partial charge in [-0.05, 0) is 64.3 Å². The molecule has 7 heteroatoms. The van der Waals surface area contributed by atoms with Crippen molar-refractivity contribution in [2.45, 2.75) is 65.5 Å². The summed E-state index contributed by atoms with van der Waals surface area (Å²) in [5.74, 6) is 0.494. The number of carbonyl (C=O) groups excluding carboxylic acids is 1. The van der Waals surface area contributed by atoms with Crippen LogP contribution >= 0.6 is 0 Å². The summed E-state index contributed by atoms with van der Waals surface area (Å²) in [5, 5.41) is 7.89. The molecule has 0 radical (unpaired) electrons. The van der Waals surface area contributed by atoms with E-state index in [0.717, 1.165) is 54.3 Å². The summed E-state index contributed by atoms with van der Waals surface area (Å²) in [6, 6.07) is 6.41. The number of carbonyl (C=O) groups is 1. The lowest BCUT2D eigenvalue weighted by Gasteiger charge is -2.15. The molecular formula is C24H32N6O. The largest absolute Gasteiger partial charge is 0.354 e. The van der Waals surface area contributed by atoms with Gasteiger partial charge in [-0.15, -0.1) is 0 Å². The van der Waals surface area contributed by atoms with Crippen LogP contribution in [0.5, 0.6) is 0 Å². The predicted molar refractivity (Wildman–Crippen MR) is 121 cm³/mol. The number of hydrogen-bond donors (Lipinski definition) is 1. The van der Waals surface area contributed by atoms with Gasteiger partial charge in [-0.3, -0.25) is 14.7 Å². The van der Waals surface area contributed by atoms with Gasteiger partial charge in [0.1, 0.15) is 0 Å². The van der Waals surface area contributed by atoms with Crippen LogP contribution in [0.25, 0.3) is 5.65 Å². The maximum Gasteiger partial charge on any atom is 0.220 e. The Morgan fingerprint density at radius 3 is 2.90 bits per heavy atom. The number of hydrogen-bond acceptors (Lipinski definition) is 5. The third-order valence-corrected chi connectivity index (χ3v) is 6.05. The van der Waals surface area contributed by atoms with Gasteiger partial charge >= 0.3 is 0 Å². The van der Waals surface area contributed by atoms with Gasteiger partial charge in [0, 0.05) is 61.3 Å². The molecule has 1 atom stereocenters. The van der Waals surface area contributed by atoms with Gasteiger partial charge in [0.25, 0.3) is 0 Å². The Morgan fingerprint density at radius 2 is 2.16 bits per heavy atom. The number of likely N-dealkylation sites (tertiary alicyclic amines) is 1. The van der Waals surface area contributed by atoms with E-state index < -0.39 is 0 Å². The zero-order chi connectivity index (χ0) is 22.0. The number of fused-ring (bicyclic) bond motifs is 1. The van der Waals surface area contributed by atoms with Crippen molar-refractivity contribution in [1.29, 1.82) is 0 Å². The summed E-state index contributed by atoms with van der Waals surface area (Å²) in [7, 11) is 0. The minimum absolute atomic E-state index is 0.0784. The smallest absolute Gasteiger partial charge is 0.220 e. The fraction of sp³-hybridized carbons (Fsp3) is 0.500. The highest BCUT2D eigenvalue weighted by Crippen LogP contribution is 2.28. The zero-order valence-electron chi connectivity index (χ0n) is 18.9. The van der Waals surface area contributed by atoms with E-state index in [1.807, 2.05) is 43.7 Å². The SMILES string of the molecule is Cc1nc2cc(C3CCN(Cc4cccnc4)C3)nn2c(C)c1CCC(=O)NC(C)C. The molecule has 1 aliphatic rings. The van der Waals surface area contributed by atoms with Crippen LogP contribution in [0.4, 0.5) is 0 Å². The molecule has 4 heterocycles. The van der Waals surface area contributed by atoms with Gasteiger partial charge < -0.3 is 5.32 Å². The molecule has 0 aliphatic carbocycles. The van der Waals surface area contributed by atoms with Crippen LogP contribution in [0.15, 0.2) is 30.6 Å². The first-order valence-electron chi connectivity index (χ1n) is 11.2. The van der Waals surface area contributed by atoms with E-state index >= 15 is 0 Å². The molecule has 7 nitrogen and oxygen atoms in total. The molecule has 4 rings (SSSR count). The van der Waals surface area contributed by atoms with Gasteiger partial charge in [-0.1, -0.05) is 6.07 Å². The summed E-state index contributed by atoms with van der Waals surface area (Å²) < 4.78 is 1.96. The summed E-state index contributed by atoms with van der Waals surface area (Å²) in [6.45, 7) is 11.1. The minimum Gasteiger partial charge on any atom is -0.354 e. The number of pyridine rings is 1. The fourth-order valence-electron chi connectivity index (χ4n) is 4.51. The second kappa shape index (κ2) is 9.14. The molecule has 1 unspecified atom stereocenters. The van der Waals surface area contributed by atoms with Gasteiger partial charge in [0.15, 0.2) is 5.65 Å². The predicted octanol–water partition coefficient (Wildman–Crippen LogP) is 3.19. The maximum atomic E-state index is 12.1. The minimum atomic E-state index is 0.0784. The number of rotatable bonds is 7. The number of amides is 1. The van der Waals surface area contributed by atoms with Crippen molar-refractivity contribution in [3.8, 4) is 0 Å². The Labute approximate surface area is 183 Å². The molecule has 3 aromatic heterocycles. The van der Waals surface area contributed by atoms with Crippen molar-refractivity contribution in [3.63, 3.8) is 0 Å². The van der Waals surface area contributed by atoms with Gasteiger partial charge in [0.2, 0.25) is 5.91 Å². The molecule has 0 spiro atoms. The highest BCUT2D eigenvalue weighted by molar-refractivity contribution is 5.76. The second-order valence-electron chi connectivity index (χ2n) is 8.90. The van der Waals surface area contributed by atoms with Gasteiger partial charge in [0.05, 0.1) is 5.69 Å². The Hall–Kier alpha value is -2.80. The van der Waals surface area contributed by atoms with E-state index in [1.54, 1.807) is 0 Å². The molecule has 1 saturated heterocycles. The maximum absolute atomic E-state index is 12.1. The van der Waals surface area contributed by atoms with Crippen LogP contribution in [0, 0.1) is 13.8 Å². The van der Waals surface area contributed by atoms with Crippen LogP contribution < -0.4 is 5.32 Å². The first-order chi connectivity index (χ1) is 14.9. The summed E-state index contributed by atoms with van der Waals surface area (Å²) in [5.41, 5.74) is 6.43. The Morgan fingerprint density at radius 1 is 1.32 bits per heavy atom. The molecule has 1 fully saturated rings. The summed E-state index contributed by atoms with van der Waals surface area (Å²) in [6.07, 6.45) is 6.00. The number of nitrogens with one attached hydrogen (secondary N) is 1. The van der Waals surface area contributed by atoms with Crippen molar-refractivity contribution >= 4 is 11.6 Å². The standard InChI is InChI=1S/C24H32N6O/c1-16(2)26-24(31)8-7-21-17(3)27-23-12-22(28-30(23)18(21)4)20-9-11-29(15-20)14-19-6-5-10-25-13-19/h5-6,10,12-13,16,20H,7-9,11,14-15H2,1-4H3,(H,26,31). The topological polar surface area (TPSA) is 75.4 Å². The highest BCUT2D eigenvalue weighted by atomic mass is 16.1. The van der Waals surface area contributed by atoms with E-state index in [2.05, 4.69) is 34.3 Å². The lowest BCUT2D eigenvalue weighted by atomic mass is 10.1. The molecule has 1 amide bonds. The molecular weight excluding hydrogens is 388 g/mol. The van der Waals surface area contributed by atoms with Gasteiger partial charge in [-0.25, -0.2) is 9.50 Å². The normalized spacial score (nSPS) is 17.0. The molecule has 1 aliphatic heterocycles. The molecule has 0 saturated carbocycles. The molecule has 1 N–H and O–H groups in total. The Balaban J connectivity index is 1.48. The second-order valence-corrected chi connectivity index (χ2v) is 8.90. The van der Waals surface area contributed by atoms with E-state index in [-0.39, 0.29) is 11.9 Å². The van der Waals surface area contributed by atoms with E-state index in [1.165, 1.54) is 5.56 Å². The Bertz CT molecular complexity index is 1060. The first kappa shape index (κ1) is 21.4. The van der Waals surface area contributed by atoms with Crippen molar-refractivity contribution in [1.82, 2.24) is 29.8 Å². The van der Waals surface area contributed by atoms with Crippen molar-refractivity contribution < 1.29 is 4.79 Å². The Kier molecular flexibility index (Phi) is 6.32. The average Bonchev–Trinajstić information content (AvgIpc) is 3.35. The van der Waals surface area contributed by atoms with Crippen molar-refractivity contribution in [2.75, 3.05) is 13.1 Å². The van der Waals surface area contributed by atoms with E-state index in [0.29, 0.717) is 18.8 Å². The van der Waals surface area contributed by atoms with Crippen molar-refractivity contribution in [3.05, 3.63) is 58.8 Å². The molecule has 0 aromatic carbocycles. The van der Waals surface area contributed by atoms with Crippen LogP contribution in [0.3, 0.4) is 0 Å². The number of nitrogens with zero attached hydrogens (tertiary/aromatic N) is 5. The monoisotopic (exact) mass is 420 g/mol. The zero-order valence-corrected chi connectivity index (χ0v) is 18.9. The lowest BCUT2D eigenvalue weighted by molar-refractivity contribution is -0.121. The third-order valence-electron chi connectivity index (χ3n) is 6.05. The van der Waals surface area contributed by atoms with Crippen LogP contribution in [0.2, 0.25) is 0 Å². The first-order valence-corrected chi connectivity index (χ1v) is 11.2. The van der Waals surface area contributed by atoms with Gasteiger partial charge in [-0.2, -0.15) is 5.10 Å². The van der Waals surface area contributed by atoms with Crippen LogP contribution in [-0.2, 0) is 17.8 Å². The van der Waals surface area contributed by atoms with Crippen LogP contribution in [0.1, 0.15) is 60.8 Å². The average molecular weight is 421 g/mol. The fourth-order valence-corrected chi connectivity index (χ4v) is 4.51.